The van der Waals surface area contributed by atoms with Crippen molar-refractivity contribution in [1.82, 2.24) is 9.88 Å². The Morgan fingerprint density at radius 1 is 1.39 bits per heavy atom. The van der Waals surface area contributed by atoms with E-state index in [0.717, 1.165) is 44.3 Å². The first-order chi connectivity index (χ1) is 11.1. The van der Waals surface area contributed by atoms with Gasteiger partial charge in [0.1, 0.15) is 0 Å². The summed E-state index contributed by atoms with van der Waals surface area (Å²) < 4.78 is 1.25. The molecule has 2 N–H and O–H groups in total. The number of unbranched alkanes of at least 4 members (excludes halogenated alkanes) is 1. The maximum Gasteiger partial charge on any atom is 0.222 e. The summed E-state index contributed by atoms with van der Waals surface area (Å²) in [5, 5.41) is 1.18. The number of hydrogen-bond donors (Lipinski definition) is 1. The molecule has 0 aliphatic carbocycles. The lowest BCUT2D eigenvalue weighted by molar-refractivity contribution is -0.130. The molecule has 0 saturated carbocycles. The van der Waals surface area contributed by atoms with Crippen molar-refractivity contribution in [3.63, 3.8) is 0 Å². The smallest absolute Gasteiger partial charge is 0.222 e. The van der Waals surface area contributed by atoms with Crippen LogP contribution < -0.4 is 5.73 Å². The van der Waals surface area contributed by atoms with Crippen LogP contribution in [0.4, 0.5) is 0 Å². The Balaban J connectivity index is 1.42. The summed E-state index contributed by atoms with van der Waals surface area (Å²) in [5.41, 5.74) is 7.01. The maximum absolute atomic E-state index is 12.3. The van der Waals surface area contributed by atoms with Gasteiger partial charge in [0.05, 0.1) is 15.2 Å². The molecule has 1 saturated heterocycles. The predicted octanol–water partition coefficient (Wildman–Crippen LogP) is 3.21. The number of fused-ring (bicyclic) bond motifs is 1. The van der Waals surface area contributed by atoms with Crippen molar-refractivity contribution in [2.75, 3.05) is 19.6 Å². The summed E-state index contributed by atoms with van der Waals surface area (Å²) in [7, 11) is 0. The average molecular weight is 331 g/mol. The number of nitrogens with zero attached hydrogens (tertiary/aromatic N) is 2. The zero-order valence-electron chi connectivity index (χ0n) is 13.8. The van der Waals surface area contributed by atoms with Crippen LogP contribution in [0, 0.1) is 5.41 Å². The topological polar surface area (TPSA) is 59.2 Å². The molecule has 4 nitrogen and oxygen atoms in total. The number of carbonyl (C=O) groups excluding carboxylic acids is 1. The number of para-hydroxylation sites is 1. The molecule has 1 atom stereocenters. The number of hydrogen-bond acceptors (Lipinski definition) is 4. The molecule has 5 heteroatoms. The maximum atomic E-state index is 12.3. The molecule has 1 unspecified atom stereocenters. The largest absolute Gasteiger partial charge is 0.342 e. The van der Waals surface area contributed by atoms with Crippen LogP contribution in [0.1, 0.15) is 37.6 Å². The Kier molecular flexibility index (Phi) is 4.97. The van der Waals surface area contributed by atoms with Gasteiger partial charge in [-0.1, -0.05) is 19.1 Å². The second kappa shape index (κ2) is 6.97. The molecule has 2 heterocycles. The van der Waals surface area contributed by atoms with Crippen molar-refractivity contribution in [2.24, 2.45) is 11.1 Å². The number of nitrogens with two attached hydrogens (primary N) is 1. The fourth-order valence-corrected chi connectivity index (χ4v) is 4.15. The van der Waals surface area contributed by atoms with E-state index in [0.29, 0.717) is 13.0 Å². The number of amides is 1. The van der Waals surface area contributed by atoms with Crippen LogP contribution >= 0.6 is 11.3 Å². The monoisotopic (exact) mass is 331 g/mol. The lowest BCUT2D eigenvalue weighted by atomic mass is 9.90. The average Bonchev–Trinajstić information content (AvgIpc) is 3.15. The van der Waals surface area contributed by atoms with Gasteiger partial charge in [-0.2, -0.15) is 0 Å². The third-order valence-corrected chi connectivity index (χ3v) is 5.87. The summed E-state index contributed by atoms with van der Waals surface area (Å²) in [6.45, 7) is 4.52. The minimum atomic E-state index is 0.122. The first kappa shape index (κ1) is 16.4. The van der Waals surface area contributed by atoms with Gasteiger partial charge in [0.15, 0.2) is 0 Å². The molecule has 124 valence electrons. The fourth-order valence-electron chi connectivity index (χ4n) is 3.14. The van der Waals surface area contributed by atoms with Crippen molar-refractivity contribution >= 4 is 27.5 Å². The van der Waals surface area contributed by atoms with E-state index in [1.807, 2.05) is 17.0 Å². The highest BCUT2D eigenvalue weighted by molar-refractivity contribution is 7.18. The molecule has 1 aromatic heterocycles. The number of aromatic nitrogens is 1. The van der Waals surface area contributed by atoms with Gasteiger partial charge in [0.25, 0.3) is 0 Å². The molecule has 1 aliphatic heterocycles. The van der Waals surface area contributed by atoms with Crippen molar-refractivity contribution < 1.29 is 4.79 Å². The van der Waals surface area contributed by atoms with Crippen LogP contribution in [0.2, 0.25) is 0 Å². The van der Waals surface area contributed by atoms with E-state index >= 15 is 0 Å². The normalized spacial score (nSPS) is 21.2. The van der Waals surface area contributed by atoms with Crippen LogP contribution in [-0.4, -0.2) is 35.4 Å². The SMILES string of the molecule is CC1(CN)CCN(C(=O)CCCCc2nc3ccccc3s2)C1. The van der Waals surface area contributed by atoms with E-state index in [4.69, 9.17) is 5.73 Å². The zero-order valence-corrected chi connectivity index (χ0v) is 14.6. The number of aryl methyl sites for hydroxylation is 1. The molecule has 0 spiro atoms. The standard InChI is InChI=1S/C18H25N3OS/c1-18(12-19)10-11-21(13-18)17(22)9-5-4-8-16-20-14-6-2-3-7-15(14)23-16/h2-3,6-7H,4-5,8-13,19H2,1H3. The molecular formula is C18H25N3OS. The minimum absolute atomic E-state index is 0.122. The highest BCUT2D eigenvalue weighted by Gasteiger charge is 2.34. The van der Waals surface area contributed by atoms with E-state index < -0.39 is 0 Å². The minimum Gasteiger partial charge on any atom is -0.342 e. The molecule has 1 aromatic carbocycles. The van der Waals surface area contributed by atoms with Gasteiger partial charge in [-0.05, 0) is 49.8 Å². The van der Waals surface area contributed by atoms with Crippen LogP contribution in [0.15, 0.2) is 24.3 Å². The number of benzene rings is 1. The summed E-state index contributed by atoms with van der Waals surface area (Å²) >= 11 is 1.76. The van der Waals surface area contributed by atoms with Crippen LogP contribution in [0.5, 0.6) is 0 Å². The van der Waals surface area contributed by atoms with Crippen LogP contribution in [0.25, 0.3) is 10.2 Å². The van der Waals surface area contributed by atoms with E-state index in [1.165, 1.54) is 9.71 Å². The lowest BCUT2D eigenvalue weighted by Gasteiger charge is -2.22. The third-order valence-electron chi connectivity index (χ3n) is 4.77. The summed E-state index contributed by atoms with van der Waals surface area (Å²) in [6, 6.07) is 8.24. The second-order valence-electron chi connectivity index (χ2n) is 6.86. The highest BCUT2D eigenvalue weighted by atomic mass is 32.1. The van der Waals surface area contributed by atoms with Crippen LogP contribution in [-0.2, 0) is 11.2 Å². The molecule has 2 aromatic rings. The van der Waals surface area contributed by atoms with Crippen molar-refractivity contribution in [3.05, 3.63) is 29.3 Å². The summed E-state index contributed by atoms with van der Waals surface area (Å²) in [4.78, 5) is 18.9. The highest BCUT2D eigenvalue weighted by Crippen LogP contribution is 2.29. The second-order valence-corrected chi connectivity index (χ2v) is 7.98. The number of thiazole rings is 1. The summed E-state index contributed by atoms with van der Waals surface area (Å²) in [6.07, 6.45) is 4.60. The molecule has 1 fully saturated rings. The quantitative estimate of drug-likeness (QED) is 0.827. The van der Waals surface area contributed by atoms with E-state index in [2.05, 4.69) is 24.0 Å². The van der Waals surface area contributed by atoms with Crippen molar-refractivity contribution in [1.29, 1.82) is 0 Å². The third kappa shape index (κ3) is 3.90. The first-order valence-corrected chi connectivity index (χ1v) is 9.24. The number of likely N-dealkylation sites (tertiary alicyclic amines) is 1. The molecule has 3 rings (SSSR count). The van der Waals surface area contributed by atoms with Gasteiger partial charge in [-0.15, -0.1) is 11.3 Å². The van der Waals surface area contributed by atoms with Gasteiger partial charge >= 0.3 is 0 Å². The Hall–Kier alpha value is -1.46. The van der Waals surface area contributed by atoms with E-state index in [-0.39, 0.29) is 11.3 Å². The lowest BCUT2D eigenvalue weighted by Crippen LogP contribution is -2.34. The van der Waals surface area contributed by atoms with Crippen molar-refractivity contribution in [2.45, 2.75) is 39.0 Å². The van der Waals surface area contributed by atoms with Crippen LogP contribution in [0.3, 0.4) is 0 Å². The van der Waals surface area contributed by atoms with Gasteiger partial charge in [-0.3, -0.25) is 4.79 Å². The molecular weight excluding hydrogens is 306 g/mol. The fraction of sp³-hybridized carbons (Fsp3) is 0.556. The Bertz CT molecular complexity index is 651. The van der Waals surface area contributed by atoms with Gasteiger partial charge in [-0.25, -0.2) is 4.98 Å². The van der Waals surface area contributed by atoms with Crippen molar-refractivity contribution in [3.8, 4) is 0 Å². The Morgan fingerprint density at radius 2 is 2.22 bits per heavy atom. The summed E-state index contributed by atoms with van der Waals surface area (Å²) in [5.74, 6) is 0.284. The zero-order chi connectivity index (χ0) is 16.3. The predicted molar refractivity (Wildman–Crippen MR) is 95.5 cm³/mol. The Labute approximate surface area is 141 Å². The van der Waals surface area contributed by atoms with Gasteiger partial charge in [0, 0.05) is 19.5 Å². The molecule has 0 bridgehead atoms. The Morgan fingerprint density at radius 3 is 2.96 bits per heavy atom. The molecule has 0 radical (unpaired) electrons. The first-order valence-electron chi connectivity index (χ1n) is 8.42. The van der Waals surface area contributed by atoms with Gasteiger partial charge in [0.2, 0.25) is 5.91 Å². The van der Waals surface area contributed by atoms with E-state index in [9.17, 15) is 4.79 Å². The molecule has 23 heavy (non-hydrogen) atoms. The molecule has 1 amide bonds. The number of carbonyl (C=O) groups is 1. The number of rotatable bonds is 6. The molecule has 1 aliphatic rings. The van der Waals surface area contributed by atoms with E-state index in [1.54, 1.807) is 11.3 Å². The van der Waals surface area contributed by atoms with Gasteiger partial charge < -0.3 is 10.6 Å².